The van der Waals surface area contributed by atoms with Crippen LogP contribution in [0.4, 0.5) is 15.8 Å². The number of ether oxygens (including phenoxy) is 1. The molecule has 2 aromatic carbocycles. The molecule has 8 heteroatoms. The van der Waals surface area contributed by atoms with E-state index in [2.05, 4.69) is 22.0 Å². The first-order valence-corrected chi connectivity index (χ1v) is 9.86. The Bertz CT molecular complexity index is 842. The predicted molar refractivity (Wildman–Crippen MR) is 111 cm³/mol. The number of carbonyl (C=O) groups excluding carboxylic acids is 1. The third-order valence-electron chi connectivity index (χ3n) is 4.65. The van der Waals surface area contributed by atoms with Crippen LogP contribution in [0.15, 0.2) is 36.4 Å². The van der Waals surface area contributed by atoms with E-state index in [1.54, 1.807) is 6.07 Å². The zero-order chi connectivity index (χ0) is 20.1. The molecular formula is C20H22Cl2FN3O2. The number of carbonyl (C=O) groups is 1. The molecule has 2 aromatic rings. The molecule has 1 saturated heterocycles. The van der Waals surface area contributed by atoms with Crippen molar-refractivity contribution in [3.8, 4) is 5.75 Å². The molecule has 0 aromatic heterocycles. The van der Waals surface area contributed by atoms with E-state index < -0.39 is 5.82 Å². The third-order valence-corrected chi connectivity index (χ3v) is 5.18. The number of nitrogens with one attached hydrogen (secondary N) is 1. The molecule has 0 bridgehead atoms. The molecule has 1 amide bonds. The van der Waals surface area contributed by atoms with Crippen LogP contribution in [0.3, 0.4) is 0 Å². The Labute approximate surface area is 174 Å². The molecule has 1 heterocycles. The first-order valence-electron chi connectivity index (χ1n) is 9.11. The zero-order valence-corrected chi connectivity index (χ0v) is 17.1. The molecule has 0 atom stereocenters. The highest BCUT2D eigenvalue weighted by atomic mass is 35.5. The number of nitrogens with zero attached hydrogens (tertiary/aromatic N) is 2. The number of anilines is 2. The number of piperazine rings is 1. The van der Waals surface area contributed by atoms with Gasteiger partial charge in [-0.15, -0.1) is 0 Å². The van der Waals surface area contributed by atoms with Gasteiger partial charge in [-0.2, -0.15) is 0 Å². The van der Waals surface area contributed by atoms with Crippen molar-refractivity contribution in [3.05, 3.63) is 52.3 Å². The SMILES string of the molecule is CCN1CCN(c2ccc(Cl)cc2NC(=O)COc2ccc(F)cc2Cl)CC1. The molecule has 5 nitrogen and oxygen atoms in total. The van der Waals surface area contributed by atoms with Crippen LogP contribution in [-0.2, 0) is 4.79 Å². The van der Waals surface area contributed by atoms with Crippen LogP contribution in [0.25, 0.3) is 0 Å². The number of benzene rings is 2. The van der Waals surface area contributed by atoms with Gasteiger partial charge in [0.1, 0.15) is 11.6 Å². The predicted octanol–water partition coefficient (Wildman–Crippen LogP) is 4.29. The van der Waals surface area contributed by atoms with Gasteiger partial charge in [0.15, 0.2) is 6.61 Å². The molecule has 0 spiro atoms. The van der Waals surface area contributed by atoms with E-state index in [0.717, 1.165) is 44.5 Å². The third kappa shape index (κ3) is 5.28. The highest BCUT2D eigenvalue weighted by Crippen LogP contribution is 2.30. The molecule has 150 valence electrons. The lowest BCUT2D eigenvalue weighted by Gasteiger charge is -2.36. The lowest BCUT2D eigenvalue weighted by atomic mass is 10.2. The molecule has 3 rings (SSSR count). The molecular weight excluding hydrogens is 404 g/mol. The summed E-state index contributed by atoms with van der Waals surface area (Å²) in [5.41, 5.74) is 1.56. The van der Waals surface area contributed by atoms with E-state index in [1.807, 2.05) is 12.1 Å². The number of hydrogen-bond acceptors (Lipinski definition) is 4. The zero-order valence-electron chi connectivity index (χ0n) is 15.6. The minimum absolute atomic E-state index is 0.116. The van der Waals surface area contributed by atoms with Gasteiger partial charge in [0.2, 0.25) is 0 Å². The molecule has 0 aliphatic carbocycles. The van der Waals surface area contributed by atoms with Crippen molar-refractivity contribution in [1.29, 1.82) is 0 Å². The second-order valence-electron chi connectivity index (χ2n) is 6.49. The minimum Gasteiger partial charge on any atom is -0.482 e. The maximum Gasteiger partial charge on any atom is 0.262 e. The van der Waals surface area contributed by atoms with Crippen LogP contribution >= 0.6 is 23.2 Å². The van der Waals surface area contributed by atoms with Gasteiger partial charge in [-0.1, -0.05) is 30.1 Å². The van der Waals surface area contributed by atoms with E-state index in [0.29, 0.717) is 10.7 Å². The second-order valence-corrected chi connectivity index (χ2v) is 7.34. The Morgan fingerprint density at radius 2 is 1.89 bits per heavy atom. The van der Waals surface area contributed by atoms with Crippen molar-refractivity contribution in [2.75, 3.05) is 49.5 Å². The van der Waals surface area contributed by atoms with Gasteiger partial charge in [-0.25, -0.2) is 4.39 Å². The lowest BCUT2D eigenvalue weighted by molar-refractivity contribution is -0.118. The van der Waals surface area contributed by atoms with Crippen LogP contribution in [0.5, 0.6) is 5.75 Å². The molecule has 0 radical (unpaired) electrons. The summed E-state index contributed by atoms with van der Waals surface area (Å²) in [6, 6.07) is 9.21. The van der Waals surface area contributed by atoms with Crippen molar-refractivity contribution < 1.29 is 13.9 Å². The van der Waals surface area contributed by atoms with Gasteiger partial charge < -0.3 is 19.9 Å². The fraction of sp³-hybridized carbons (Fsp3) is 0.350. The van der Waals surface area contributed by atoms with Crippen molar-refractivity contribution in [3.63, 3.8) is 0 Å². The molecule has 28 heavy (non-hydrogen) atoms. The fourth-order valence-corrected chi connectivity index (χ4v) is 3.50. The van der Waals surface area contributed by atoms with Gasteiger partial charge in [-0.05, 0) is 42.9 Å². The van der Waals surface area contributed by atoms with Crippen LogP contribution in [0.1, 0.15) is 6.92 Å². The summed E-state index contributed by atoms with van der Waals surface area (Å²) in [4.78, 5) is 17.0. The number of halogens is 3. The van der Waals surface area contributed by atoms with E-state index >= 15 is 0 Å². The number of hydrogen-bond donors (Lipinski definition) is 1. The number of rotatable bonds is 6. The Morgan fingerprint density at radius 1 is 1.14 bits per heavy atom. The monoisotopic (exact) mass is 425 g/mol. The van der Waals surface area contributed by atoms with Gasteiger partial charge in [0.25, 0.3) is 5.91 Å². The smallest absolute Gasteiger partial charge is 0.262 e. The Kier molecular flexibility index (Phi) is 6.99. The maximum atomic E-state index is 13.1. The average molecular weight is 426 g/mol. The highest BCUT2D eigenvalue weighted by Gasteiger charge is 2.19. The van der Waals surface area contributed by atoms with Gasteiger partial charge >= 0.3 is 0 Å². The normalized spacial score (nSPS) is 14.8. The first kappa shape index (κ1) is 20.7. The maximum absolute atomic E-state index is 13.1. The molecule has 0 unspecified atom stereocenters. The summed E-state index contributed by atoms with van der Waals surface area (Å²) < 4.78 is 18.5. The summed E-state index contributed by atoms with van der Waals surface area (Å²) in [6.45, 7) is 6.62. The summed E-state index contributed by atoms with van der Waals surface area (Å²) in [5, 5.41) is 3.51. The minimum atomic E-state index is -0.464. The summed E-state index contributed by atoms with van der Waals surface area (Å²) in [7, 11) is 0. The van der Waals surface area contributed by atoms with Crippen molar-refractivity contribution in [2.45, 2.75) is 6.92 Å². The van der Waals surface area contributed by atoms with Crippen molar-refractivity contribution in [1.82, 2.24) is 4.90 Å². The molecule has 1 fully saturated rings. The van der Waals surface area contributed by atoms with E-state index in [-0.39, 0.29) is 23.3 Å². The number of likely N-dealkylation sites (N-methyl/N-ethyl adjacent to an activating group) is 1. The fourth-order valence-electron chi connectivity index (χ4n) is 3.11. The standard InChI is InChI=1S/C20H22Cl2FN3O2/c1-2-25-7-9-26(10-8-25)18-5-3-14(21)11-17(18)24-20(27)13-28-19-6-4-15(23)12-16(19)22/h3-6,11-12H,2,7-10,13H2,1H3,(H,24,27). The largest absolute Gasteiger partial charge is 0.482 e. The topological polar surface area (TPSA) is 44.8 Å². The van der Waals surface area contributed by atoms with Gasteiger partial charge in [0.05, 0.1) is 16.4 Å². The summed E-state index contributed by atoms with van der Waals surface area (Å²) >= 11 is 12.1. The van der Waals surface area contributed by atoms with Crippen LogP contribution < -0.4 is 15.0 Å². The van der Waals surface area contributed by atoms with Crippen LogP contribution in [-0.4, -0.2) is 50.1 Å². The lowest BCUT2D eigenvalue weighted by Crippen LogP contribution is -2.46. The highest BCUT2D eigenvalue weighted by molar-refractivity contribution is 6.32. The van der Waals surface area contributed by atoms with Gasteiger partial charge in [-0.3, -0.25) is 4.79 Å². The first-order chi connectivity index (χ1) is 13.5. The van der Waals surface area contributed by atoms with Crippen LogP contribution in [0, 0.1) is 5.82 Å². The molecule has 0 saturated carbocycles. The van der Waals surface area contributed by atoms with Crippen molar-refractivity contribution >= 4 is 40.5 Å². The Balaban J connectivity index is 1.66. The van der Waals surface area contributed by atoms with Crippen molar-refractivity contribution in [2.24, 2.45) is 0 Å². The number of amides is 1. The van der Waals surface area contributed by atoms with Crippen LogP contribution in [0.2, 0.25) is 10.0 Å². The molecule has 1 aliphatic rings. The van der Waals surface area contributed by atoms with E-state index in [9.17, 15) is 9.18 Å². The quantitative estimate of drug-likeness (QED) is 0.749. The molecule has 1 N–H and O–H groups in total. The van der Waals surface area contributed by atoms with E-state index in [4.69, 9.17) is 27.9 Å². The van der Waals surface area contributed by atoms with Gasteiger partial charge in [0, 0.05) is 31.2 Å². The average Bonchev–Trinajstić information content (AvgIpc) is 2.67. The summed E-state index contributed by atoms with van der Waals surface area (Å²) in [6.07, 6.45) is 0. The Morgan fingerprint density at radius 3 is 2.57 bits per heavy atom. The summed E-state index contributed by atoms with van der Waals surface area (Å²) in [5.74, 6) is -0.565. The second kappa shape index (κ2) is 9.45. The Hall–Kier alpha value is -2.02. The van der Waals surface area contributed by atoms with E-state index in [1.165, 1.54) is 12.1 Å². The molecule has 1 aliphatic heterocycles.